The molecule has 7 heteroatoms. The summed E-state index contributed by atoms with van der Waals surface area (Å²) in [5.74, 6) is -0.673. The minimum atomic E-state index is -0.499. The number of amides is 2. The molecule has 1 N–H and O–H groups in total. The van der Waals surface area contributed by atoms with E-state index in [-0.39, 0.29) is 23.9 Å². The standard InChI is InChI=1S/C16H21N3O4/c1-3-4-7-18-10-12(8-15(18)20)16(21)17-14-9-13(19(22)23)6-5-11(14)2/h5-6,9,12H,3-4,7-8,10H2,1-2H3,(H,17,21). The lowest BCUT2D eigenvalue weighted by Gasteiger charge is -2.16. The molecule has 1 saturated heterocycles. The highest BCUT2D eigenvalue weighted by atomic mass is 16.6. The lowest BCUT2D eigenvalue weighted by Crippen LogP contribution is -2.29. The van der Waals surface area contributed by atoms with E-state index in [9.17, 15) is 19.7 Å². The molecule has 1 fully saturated rings. The van der Waals surface area contributed by atoms with Gasteiger partial charge in [-0.05, 0) is 18.9 Å². The number of non-ortho nitro benzene ring substituents is 1. The molecule has 7 nitrogen and oxygen atoms in total. The number of hydrogen-bond acceptors (Lipinski definition) is 4. The van der Waals surface area contributed by atoms with Crippen LogP contribution >= 0.6 is 0 Å². The van der Waals surface area contributed by atoms with E-state index in [0.29, 0.717) is 18.8 Å². The van der Waals surface area contributed by atoms with Crippen molar-refractivity contribution in [1.82, 2.24) is 4.90 Å². The smallest absolute Gasteiger partial charge is 0.271 e. The first-order valence-electron chi connectivity index (χ1n) is 7.76. The van der Waals surface area contributed by atoms with E-state index in [1.165, 1.54) is 12.1 Å². The van der Waals surface area contributed by atoms with Gasteiger partial charge in [0.1, 0.15) is 0 Å². The van der Waals surface area contributed by atoms with Gasteiger partial charge in [0.15, 0.2) is 0 Å². The molecule has 1 aromatic rings. The second-order valence-electron chi connectivity index (χ2n) is 5.84. The molecule has 1 aromatic carbocycles. The summed E-state index contributed by atoms with van der Waals surface area (Å²) in [6.45, 7) is 4.91. The number of hydrogen-bond donors (Lipinski definition) is 1. The number of likely N-dealkylation sites (tertiary alicyclic amines) is 1. The minimum absolute atomic E-state index is 0.00522. The number of nitrogens with one attached hydrogen (secondary N) is 1. The summed E-state index contributed by atoms with van der Waals surface area (Å²) in [5.41, 5.74) is 1.10. The summed E-state index contributed by atoms with van der Waals surface area (Å²) in [4.78, 5) is 36.3. The summed E-state index contributed by atoms with van der Waals surface area (Å²) in [7, 11) is 0. The maximum atomic E-state index is 12.4. The zero-order valence-corrected chi connectivity index (χ0v) is 13.4. The Balaban J connectivity index is 2.04. The molecule has 0 aliphatic carbocycles. The maximum Gasteiger partial charge on any atom is 0.271 e. The highest BCUT2D eigenvalue weighted by Crippen LogP contribution is 2.24. The normalized spacial score (nSPS) is 17.4. The van der Waals surface area contributed by atoms with Crippen LogP contribution in [0.3, 0.4) is 0 Å². The lowest BCUT2D eigenvalue weighted by molar-refractivity contribution is -0.384. The number of nitro groups is 1. The summed E-state index contributed by atoms with van der Waals surface area (Å²) in [6.07, 6.45) is 2.11. The molecule has 124 valence electrons. The Morgan fingerprint density at radius 2 is 2.22 bits per heavy atom. The first-order valence-corrected chi connectivity index (χ1v) is 7.76. The topological polar surface area (TPSA) is 92.6 Å². The summed E-state index contributed by atoms with van der Waals surface area (Å²) in [5, 5.41) is 13.6. The van der Waals surface area contributed by atoms with E-state index < -0.39 is 10.8 Å². The van der Waals surface area contributed by atoms with Crippen LogP contribution in [-0.4, -0.2) is 34.7 Å². The number of nitrogens with zero attached hydrogens (tertiary/aromatic N) is 2. The molecular formula is C16H21N3O4. The van der Waals surface area contributed by atoms with E-state index in [0.717, 1.165) is 18.4 Å². The minimum Gasteiger partial charge on any atom is -0.342 e. The fraction of sp³-hybridized carbons (Fsp3) is 0.500. The zero-order chi connectivity index (χ0) is 17.0. The van der Waals surface area contributed by atoms with Crippen molar-refractivity contribution in [2.75, 3.05) is 18.4 Å². The second-order valence-corrected chi connectivity index (χ2v) is 5.84. The molecule has 0 radical (unpaired) electrons. The fourth-order valence-electron chi connectivity index (χ4n) is 2.61. The predicted molar refractivity (Wildman–Crippen MR) is 86.1 cm³/mol. The Labute approximate surface area is 134 Å². The molecule has 1 unspecified atom stereocenters. The van der Waals surface area contributed by atoms with Gasteiger partial charge in [-0.25, -0.2) is 0 Å². The maximum absolute atomic E-state index is 12.4. The van der Waals surface area contributed by atoms with Gasteiger partial charge in [-0.1, -0.05) is 19.4 Å². The van der Waals surface area contributed by atoms with Gasteiger partial charge in [0.25, 0.3) is 5.69 Å². The van der Waals surface area contributed by atoms with Crippen LogP contribution in [0.2, 0.25) is 0 Å². The van der Waals surface area contributed by atoms with Gasteiger partial charge < -0.3 is 10.2 Å². The monoisotopic (exact) mass is 319 g/mol. The van der Waals surface area contributed by atoms with Crippen molar-refractivity contribution in [2.45, 2.75) is 33.1 Å². The van der Waals surface area contributed by atoms with Crippen LogP contribution in [0.15, 0.2) is 18.2 Å². The summed E-state index contributed by atoms with van der Waals surface area (Å²) >= 11 is 0. The molecule has 2 amide bonds. The van der Waals surface area contributed by atoms with Gasteiger partial charge in [0, 0.05) is 31.6 Å². The SMILES string of the molecule is CCCCN1CC(C(=O)Nc2cc([N+](=O)[O-])ccc2C)CC1=O. The van der Waals surface area contributed by atoms with Crippen molar-refractivity contribution >= 4 is 23.2 Å². The molecular weight excluding hydrogens is 298 g/mol. The first kappa shape index (κ1) is 16.9. The number of nitro benzene ring substituents is 1. The van der Waals surface area contributed by atoms with Crippen LogP contribution in [0, 0.1) is 23.0 Å². The number of unbranched alkanes of at least 4 members (excludes halogenated alkanes) is 1. The third-order valence-corrected chi connectivity index (χ3v) is 4.06. The van der Waals surface area contributed by atoms with E-state index >= 15 is 0 Å². The lowest BCUT2D eigenvalue weighted by atomic mass is 10.1. The van der Waals surface area contributed by atoms with Gasteiger partial charge in [0.05, 0.1) is 16.5 Å². The van der Waals surface area contributed by atoms with Gasteiger partial charge >= 0.3 is 0 Å². The summed E-state index contributed by atoms with van der Waals surface area (Å²) < 4.78 is 0. The number of carbonyl (C=O) groups is 2. The average molecular weight is 319 g/mol. The van der Waals surface area contributed by atoms with E-state index in [1.54, 1.807) is 17.9 Å². The van der Waals surface area contributed by atoms with Gasteiger partial charge in [-0.2, -0.15) is 0 Å². The quantitative estimate of drug-likeness (QED) is 0.644. The van der Waals surface area contributed by atoms with Crippen molar-refractivity contribution in [1.29, 1.82) is 0 Å². The first-order chi connectivity index (χ1) is 10.9. The van der Waals surface area contributed by atoms with Gasteiger partial charge in [-0.15, -0.1) is 0 Å². The Morgan fingerprint density at radius 1 is 1.48 bits per heavy atom. The molecule has 0 spiro atoms. The van der Waals surface area contributed by atoms with Crippen LogP contribution in [-0.2, 0) is 9.59 Å². The Hall–Kier alpha value is -2.44. The number of anilines is 1. The fourth-order valence-corrected chi connectivity index (χ4v) is 2.61. The Morgan fingerprint density at radius 3 is 2.87 bits per heavy atom. The van der Waals surface area contributed by atoms with Gasteiger partial charge in [0.2, 0.25) is 11.8 Å². The number of carbonyl (C=O) groups excluding carboxylic acids is 2. The molecule has 1 heterocycles. The zero-order valence-electron chi connectivity index (χ0n) is 13.4. The van der Waals surface area contributed by atoms with Crippen molar-refractivity contribution in [3.63, 3.8) is 0 Å². The number of rotatable bonds is 6. The van der Waals surface area contributed by atoms with E-state index in [1.807, 2.05) is 0 Å². The van der Waals surface area contributed by atoms with Crippen molar-refractivity contribution in [3.8, 4) is 0 Å². The third kappa shape index (κ3) is 4.06. The largest absolute Gasteiger partial charge is 0.342 e. The molecule has 2 rings (SSSR count). The Bertz CT molecular complexity index is 630. The summed E-state index contributed by atoms with van der Waals surface area (Å²) in [6, 6.07) is 4.34. The highest BCUT2D eigenvalue weighted by Gasteiger charge is 2.34. The van der Waals surface area contributed by atoms with Crippen LogP contribution in [0.25, 0.3) is 0 Å². The van der Waals surface area contributed by atoms with Crippen LogP contribution in [0.4, 0.5) is 11.4 Å². The van der Waals surface area contributed by atoms with Crippen LogP contribution in [0.5, 0.6) is 0 Å². The number of aryl methyl sites for hydroxylation is 1. The van der Waals surface area contributed by atoms with Crippen LogP contribution in [0.1, 0.15) is 31.7 Å². The van der Waals surface area contributed by atoms with E-state index in [4.69, 9.17) is 0 Å². The molecule has 0 aromatic heterocycles. The Kier molecular flexibility index (Phi) is 5.31. The van der Waals surface area contributed by atoms with E-state index in [2.05, 4.69) is 12.2 Å². The molecule has 0 bridgehead atoms. The predicted octanol–water partition coefficient (Wildman–Crippen LogP) is 2.49. The third-order valence-electron chi connectivity index (χ3n) is 4.06. The van der Waals surface area contributed by atoms with Crippen molar-refractivity contribution in [3.05, 3.63) is 33.9 Å². The van der Waals surface area contributed by atoms with Crippen molar-refractivity contribution < 1.29 is 14.5 Å². The van der Waals surface area contributed by atoms with Crippen molar-refractivity contribution in [2.24, 2.45) is 5.92 Å². The molecule has 23 heavy (non-hydrogen) atoms. The molecule has 1 aliphatic rings. The average Bonchev–Trinajstić information content (AvgIpc) is 2.88. The second kappa shape index (κ2) is 7.21. The van der Waals surface area contributed by atoms with Gasteiger partial charge in [-0.3, -0.25) is 19.7 Å². The molecule has 0 saturated carbocycles. The highest BCUT2D eigenvalue weighted by molar-refractivity contribution is 5.97. The van der Waals surface area contributed by atoms with Crippen LogP contribution < -0.4 is 5.32 Å². The number of benzene rings is 1. The molecule has 1 aliphatic heterocycles. The molecule has 1 atom stereocenters.